The van der Waals surface area contributed by atoms with E-state index in [2.05, 4.69) is 21.2 Å². The first kappa shape index (κ1) is 28.2. The molecule has 0 aromatic heterocycles. The lowest BCUT2D eigenvalue weighted by atomic mass is 9.94. The Morgan fingerprint density at radius 1 is 1.03 bits per heavy atom. The smallest absolute Gasteiger partial charge is 0.261 e. The summed E-state index contributed by atoms with van der Waals surface area (Å²) in [7, 11) is 0. The van der Waals surface area contributed by atoms with Crippen molar-refractivity contribution in [2.24, 2.45) is 0 Å². The zero-order valence-corrected chi connectivity index (χ0v) is 24.0. The number of amides is 2. The zero-order valence-electron chi connectivity index (χ0n) is 21.7. The molecule has 7 heteroatoms. The number of benzene rings is 3. The number of ether oxygens (including phenoxy) is 1. The Morgan fingerprint density at radius 3 is 2.45 bits per heavy atom. The first-order valence-electron chi connectivity index (χ1n) is 13.2. The quantitative estimate of drug-likeness (QED) is 0.277. The van der Waals surface area contributed by atoms with E-state index in [4.69, 9.17) is 16.3 Å². The van der Waals surface area contributed by atoms with Crippen LogP contribution in [0.25, 0.3) is 0 Å². The van der Waals surface area contributed by atoms with Gasteiger partial charge in [-0.05, 0) is 70.6 Å². The molecule has 0 bridgehead atoms. The molecule has 1 N–H and O–H groups in total. The van der Waals surface area contributed by atoms with Crippen LogP contribution in [0, 0.1) is 6.92 Å². The van der Waals surface area contributed by atoms with E-state index in [1.807, 2.05) is 61.5 Å². The van der Waals surface area contributed by atoms with Crippen LogP contribution in [0.15, 0.2) is 77.3 Å². The van der Waals surface area contributed by atoms with Gasteiger partial charge in [0.2, 0.25) is 5.91 Å². The van der Waals surface area contributed by atoms with Gasteiger partial charge < -0.3 is 15.0 Å². The van der Waals surface area contributed by atoms with Crippen molar-refractivity contribution in [1.82, 2.24) is 10.2 Å². The van der Waals surface area contributed by atoms with Crippen LogP contribution in [0.2, 0.25) is 5.02 Å². The molecule has 2 amide bonds. The van der Waals surface area contributed by atoms with Crippen molar-refractivity contribution in [1.29, 1.82) is 0 Å². The second kappa shape index (κ2) is 13.8. The third kappa shape index (κ3) is 7.84. The number of rotatable bonds is 10. The normalized spacial score (nSPS) is 14.5. The lowest BCUT2D eigenvalue weighted by molar-refractivity contribution is -0.143. The molecule has 5 nitrogen and oxygen atoms in total. The lowest BCUT2D eigenvalue weighted by Gasteiger charge is -2.33. The molecule has 0 radical (unpaired) electrons. The van der Waals surface area contributed by atoms with E-state index in [1.165, 1.54) is 6.42 Å². The number of carbonyl (C=O) groups is 2. The molecular formula is C31H34BrClN2O3. The third-order valence-electron chi connectivity index (χ3n) is 7.07. The van der Waals surface area contributed by atoms with Crippen molar-refractivity contribution < 1.29 is 14.3 Å². The van der Waals surface area contributed by atoms with Crippen LogP contribution in [-0.4, -0.2) is 35.4 Å². The molecule has 1 aliphatic carbocycles. The van der Waals surface area contributed by atoms with Crippen LogP contribution in [0.3, 0.4) is 0 Å². The number of nitrogens with one attached hydrogen (secondary N) is 1. The van der Waals surface area contributed by atoms with E-state index in [9.17, 15) is 9.59 Å². The van der Waals surface area contributed by atoms with Gasteiger partial charge in [-0.3, -0.25) is 9.59 Å². The summed E-state index contributed by atoms with van der Waals surface area (Å²) in [6.45, 7) is 2.13. The lowest BCUT2D eigenvalue weighted by Crippen LogP contribution is -2.53. The maximum Gasteiger partial charge on any atom is 0.261 e. The van der Waals surface area contributed by atoms with Crippen molar-refractivity contribution in [3.63, 3.8) is 0 Å². The molecule has 1 atom stereocenters. The fourth-order valence-electron chi connectivity index (χ4n) is 4.88. The molecule has 38 heavy (non-hydrogen) atoms. The molecule has 1 fully saturated rings. The van der Waals surface area contributed by atoms with E-state index >= 15 is 0 Å². The minimum Gasteiger partial charge on any atom is -0.483 e. The maximum atomic E-state index is 13.8. The first-order chi connectivity index (χ1) is 18.4. The van der Waals surface area contributed by atoms with Crippen molar-refractivity contribution >= 4 is 39.3 Å². The van der Waals surface area contributed by atoms with Crippen LogP contribution < -0.4 is 10.1 Å². The number of halogens is 2. The van der Waals surface area contributed by atoms with E-state index in [1.54, 1.807) is 23.1 Å². The van der Waals surface area contributed by atoms with Crippen LogP contribution >= 0.6 is 27.5 Å². The molecule has 0 heterocycles. The van der Waals surface area contributed by atoms with Crippen LogP contribution in [0.5, 0.6) is 5.75 Å². The van der Waals surface area contributed by atoms with Gasteiger partial charge in [0.05, 0.1) is 4.47 Å². The number of hydrogen-bond acceptors (Lipinski definition) is 3. The topological polar surface area (TPSA) is 58.6 Å². The number of nitrogens with zero attached hydrogens (tertiary/aromatic N) is 1. The Labute approximate surface area is 238 Å². The average molecular weight is 598 g/mol. The second-order valence-corrected chi connectivity index (χ2v) is 11.2. The zero-order chi connectivity index (χ0) is 26.9. The van der Waals surface area contributed by atoms with Gasteiger partial charge in [0.25, 0.3) is 5.91 Å². The highest BCUT2D eigenvalue weighted by Crippen LogP contribution is 2.28. The molecule has 1 saturated carbocycles. The van der Waals surface area contributed by atoms with Crippen LogP contribution in [0.4, 0.5) is 0 Å². The monoisotopic (exact) mass is 596 g/mol. The molecule has 0 spiro atoms. The molecule has 0 saturated heterocycles. The summed E-state index contributed by atoms with van der Waals surface area (Å²) in [5.74, 6) is 0.148. The summed E-state index contributed by atoms with van der Waals surface area (Å²) in [4.78, 5) is 29.3. The van der Waals surface area contributed by atoms with Crippen molar-refractivity contribution in [3.8, 4) is 5.75 Å². The van der Waals surface area contributed by atoms with Gasteiger partial charge in [-0.1, -0.05) is 85.5 Å². The molecular weight excluding hydrogens is 564 g/mol. The summed E-state index contributed by atoms with van der Waals surface area (Å²) in [6, 6.07) is 22.5. The van der Waals surface area contributed by atoms with E-state index in [0.717, 1.165) is 42.4 Å². The number of carbonyl (C=O) groups excluding carboxylic acids is 2. The SMILES string of the molecule is Cc1ccccc1CN(C(=O)COc1ccc(Cl)cc1Br)[C@H](Cc1ccccc1)C(=O)NC1CCCCC1. The largest absolute Gasteiger partial charge is 0.483 e. The summed E-state index contributed by atoms with van der Waals surface area (Å²) in [5, 5.41) is 3.84. The van der Waals surface area contributed by atoms with Gasteiger partial charge in [0.15, 0.2) is 6.61 Å². The van der Waals surface area contributed by atoms with Gasteiger partial charge in [0.1, 0.15) is 11.8 Å². The van der Waals surface area contributed by atoms with Gasteiger partial charge in [0, 0.05) is 24.0 Å². The minimum atomic E-state index is -0.677. The Kier molecular flexibility index (Phi) is 10.2. The highest BCUT2D eigenvalue weighted by molar-refractivity contribution is 9.10. The number of aryl methyl sites for hydroxylation is 1. The molecule has 4 rings (SSSR count). The highest BCUT2D eigenvalue weighted by atomic mass is 79.9. The van der Waals surface area contributed by atoms with Gasteiger partial charge in [-0.15, -0.1) is 0 Å². The minimum absolute atomic E-state index is 0.115. The van der Waals surface area contributed by atoms with Crippen molar-refractivity contribution in [2.45, 2.75) is 64.1 Å². The Balaban J connectivity index is 1.62. The highest BCUT2D eigenvalue weighted by Gasteiger charge is 2.32. The van der Waals surface area contributed by atoms with E-state index in [-0.39, 0.29) is 24.5 Å². The number of hydrogen-bond donors (Lipinski definition) is 1. The molecule has 0 unspecified atom stereocenters. The van der Waals surface area contributed by atoms with E-state index < -0.39 is 6.04 Å². The van der Waals surface area contributed by atoms with E-state index in [0.29, 0.717) is 28.2 Å². The molecule has 1 aliphatic rings. The second-order valence-electron chi connectivity index (χ2n) is 9.86. The fourth-order valence-corrected chi connectivity index (χ4v) is 5.68. The average Bonchev–Trinajstić information content (AvgIpc) is 2.92. The first-order valence-corrected chi connectivity index (χ1v) is 14.3. The fraction of sp³-hybridized carbons (Fsp3) is 0.355. The maximum absolute atomic E-state index is 13.8. The predicted octanol–water partition coefficient (Wildman–Crippen LogP) is 6.88. The van der Waals surface area contributed by atoms with Crippen LogP contribution in [0.1, 0.15) is 48.8 Å². The summed E-state index contributed by atoms with van der Waals surface area (Å²) >= 11 is 9.51. The molecule has 200 valence electrons. The summed E-state index contributed by atoms with van der Waals surface area (Å²) < 4.78 is 6.57. The standard InChI is InChI=1S/C31H34BrClN2O3/c1-22-10-8-9-13-24(22)20-35(30(36)21-38-29-17-16-25(33)19-27(29)32)28(18-23-11-4-2-5-12-23)31(37)34-26-14-6-3-7-15-26/h2,4-5,8-13,16-17,19,26,28H,3,6-7,14-15,18,20-21H2,1H3,(H,34,37)/t28-/m1/s1. The summed E-state index contributed by atoms with van der Waals surface area (Å²) in [6.07, 6.45) is 5.80. The molecule has 0 aliphatic heterocycles. The van der Waals surface area contributed by atoms with Crippen molar-refractivity contribution in [3.05, 3.63) is 99.0 Å². The molecule has 3 aromatic carbocycles. The van der Waals surface area contributed by atoms with Gasteiger partial charge in [-0.25, -0.2) is 0 Å². The Bertz CT molecular complexity index is 1230. The third-order valence-corrected chi connectivity index (χ3v) is 7.92. The van der Waals surface area contributed by atoms with Crippen LogP contribution in [-0.2, 0) is 22.6 Å². The van der Waals surface area contributed by atoms with Crippen molar-refractivity contribution in [2.75, 3.05) is 6.61 Å². The Hall–Kier alpha value is -2.83. The van der Waals surface area contributed by atoms with Gasteiger partial charge >= 0.3 is 0 Å². The Morgan fingerprint density at radius 2 is 1.74 bits per heavy atom. The van der Waals surface area contributed by atoms with Gasteiger partial charge in [-0.2, -0.15) is 0 Å². The molecule has 3 aromatic rings. The summed E-state index contributed by atoms with van der Waals surface area (Å²) in [5.41, 5.74) is 3.06. The predicted molar refractivity (Wildman–Crippen MR) is 155 cm³/mol.